The standard InChI is InChI=1S/C23H17Cl3N2/c1-14-5-3-7-16(11-14)22-21(26)23(17-8-4-6-15(2)12-17)28(27-22)20-13-18(24)9-10-19(20)25/h3-13H,1-2H3. The number of aryl methyl sites for hydroxylation is 2. The number of rotatable bonds is 3. The molecule has 0 radical (unpaired) electrons. The second-order valence-electron chi connectivity index (χ2n) is 6.76. The lowest BCUT2D eigenvalue weighted by Crippen LogP contribution is -2.00. The van der Waals surface area contributed by atoms with Crippen molar-refractivity contribution in [3.05, 3.63) is 92.9 Å². The van der Waals surface area contributed by atoms with Crippen molar-refractivity contribution in [2.45, 2.75) is 13.8 Å². The van der Waals surface area contributed by atoms with Crippen LogP contribution in [0.25, 0.3) is 28.2 Å². The van der Waals surface area contributed by atoms with Crippen LogP contribution in [0.3, 0.4) is 0 Å². The van der Waals surface area contributed by atoms with E-state index in [9.17, 15) is 0 Å². The molecule has 3 aromatic carbocycles. The Morgan fingerprint density at radius 2 is 1.39 bits per heavy atom. The Kier molecular flexibility index (Phi) is 5.20. The van der Waals surface area contributed by atoms with E-state index in [-0.39, 0.29) is 0 Å². The van der Waals surface area contributed by atoms with Crippen LogP contribution in [0.1, 0.15) is 11.1 Å². The summed E-state index contributed by atoms with van der Waals surface area (Å²) in [6.07, 6.45) is 0. The van der Waals surface area contributed by atoms with Crippen molar-refractivity contribution >= 4 is 34.8 Å². The highest BCUT2D eigenvalue weighted by atomic mass is 35.5. The molecule has 0 aliphatic heterocycles. The lowest BCUT2D eigenvalue weighted by molar-refractivity contribution is 0.892. The van der Waals surface area contributed by atoms with Crippen LogP contribution in [0.5, 0.6) is 0 Å². The number of hydrogen-bond acceptors (Lipinski definition) is 1. The van der Waals surface area contributed by atoms with Gasteiger partial charge in [-0.2, -0.15) is 5.10 Å². The van der Waals surface area contributed by atoms with Crippen LogP contribution >= 0.6 is 34.8 Å². The maximum Gasteiger partial charge on any atom is 0.112 e. The third-order valence-corrected chi connectivity index (χ3v) is 5.46. The van der Waals surface area contributed by atoms with Gasteiger partial charge in [0.05, 0.1) is 21.4 Å². The van der Waals surface area contributed by atoms with Crippen molar-refractivity contribution in [1.82, 2.24) is 9.78 Å². The minimum absolute atomic E-state index is 0.549. The predicted octanol–water partition coefficient (Wildman–Crippen LogP) is 7.78. The monoisotopic (exact) mass is 426 g/mol. The molecule has 1 aromatic heterocycles. The van der Waals surface area contributed by atoms with E-state index in [2.05, 4.69) is 12.1 Å². The van der Waals surface area contributed by atoms with Gasteiger partial charge in [0.1, 0.15) is 5.69 Å². The third-order valence-electron chi connectivity index (χ3n) is 4.55. The van der Waals surface area contributed by atoms with Crippen LogP contribution in [0.4, 0.5) is 0 Å². The molecule has 0 bridgehead atoms. The van der Waals surface area contributed by atoms with E-state index < -0.39 is 0 Å². The minimum Gasteiger partial charge on any atom is -0.229 e. The average molecular weight is 428 g/mol. The van der Waals surface area contributed by atoms with Gasteiger partial charge in [-0.15, -0.1) is 0 Å². The molecule has 0 aliphatic rings. The zero-order chi connectivity index (χ0) is 19.8. The molecule has 5 heteroatoms. The summed E-state index contributed by atoms with van der Waals surface area (Å²) in [5, 5.41) is 6.55. The Morgan fingerprint density at radius 3 is 2.07 bits per heavy atom. The van der Waals surface area contributed by atoms with Gasteiger partial charge in [-0.25, -0.2) is 4.68 Å². The fraction of sp³-hybridized carbons (Fsp3) is 0.0870. The molecule has 0 saturated heterocycles. The number of benzene rings is 3. The van der Waals surface area contributed by atoms with Crippen LogP contribution in [0.2, 0.25) is 15.1 Å². The van der Waals surface area contributed by atoms with Crippen molar-refractivity contribution in [3.63, 3.8) is 0 Å². The van der Waals surface area contributed by atoms with Crippen LogP contribution in [-0.2, 0) is 0 Å². The molecule has 0 atom stereocenters. The highest BCUT2D eigenvalue weighted by Crippen LogP contribution is 2.40. The lowest BCUT2D eigenvalue weighted by Gasteiger charge is -2.11. The van der Waals surface area contributed by atoms with Crippen LogP contribution < -0.4 is 0 Å². The van der Waals surface area contributed by atoms with Crippen molar-refractivity contribution < 1.29 is 0 Å². The molecule has 2 nitrogen and oxygen atoms in total. The van der Waals surface area contributed by atoms with Gasteiger partial charge in [0.2, 0.25) is 0 Å². The normalized spacial score (nSPS) is 11.0. The molecule has 0 unspecified atom stereocenters. The van der Waals surface area contributed by atoms with Crippen LogP contribution in [-0.4, -0.2) is 9.78 Å². The van der Waals surface area contributed by atoms with Gasteiger partial charge in [-0.3, -0.25) is 0 Å². The second kappa shape index (κ2) is 7.63. The van der Waals surface area contributed by atoms with Crippen molar-refractivity contribution in [3.8, 4) is 28.2 Å². The molecular formula is C23H17Cl3N2. The predicted molar refractivity (Wildman–Crippen MR) is 119 cm³/mol. The first-order valence-corrected chi connectivity index (χ1v) is 9.95. The molecule has 0 N–H and O–H groups in total. The summed E-state index contributed by atoms with van der Waals surface area (Å²) in [5.74, 6) is 0. The van der Waals surface area contributed by atoms with E-state index in [1.165, 1.54) is 0 Å². The van der Waals surface area contributed by atoms with Crippen molar-refractivity contribution in [2.75, 3.05) is 0 Å². The Labute approximate surface area is 179 Å². The number of aromatic nitrogens is 2. The molecule has 4 rings (SSSR count). The zero-order valence-electron chi connectivity index (χ0n) is 15.4. The summed E-state index contributed by atoms with van der Waals surface area (Å²) in [6, 6.07) is 21.6. The fourth-order valence-corrected chi connectivity index (χ4v) is 3.94. The molecule has 0 spiro atoms. The first kappa shape index (κ1) is 19.1. The van der Waals surface area contributed by atoms with Gasteiger partial charge in [0.15, 0.2) is 0 Å². The van der Waals surface area contributed by atoms with Gasteiger partial charge in [0, 0.05) is 16.1 Å². The smallest absolute Gasteiger partial charge is 0.112 e. The minimum atomic E-state index is 0.549. The summed E-state index contributed by atoms with van der Waals surface area (Å²) in [7, 11) is 0. The highest BCUT2D eigenvalue weighted by Gasteiger charge is 2.22. The Balaban J connectivity index is 2.04. The summed E-state index contributed by atoms with van der Waals surface area (Å²) < 4.78 is 1.78. The molecule has 0 aliphatic carbocycles. The molecule has 28 heavy (non-hydrogen) atoms. The van der Waals surface area contributed by atoms with Crippen molar-refractivity contribution in [1.29, 1.82) is 0 Å². The second-order valence-corrected chi connectivity index (χ2v) is 7.98. The molecule has 1 heterocycles. The zero-order valence-corrected chi connectivity index (χ0v) is 17.6. The lowest BCUT2D eigenvalue weighted by atomic mass is 10.1. The molecule has 0 saturated carbocycles. The summed E-state index contributed by atoms with van der Waals surface area (Å²) in [5.41, 5.74) is 6.37. The molecule has 0 amide bonds. The van der Waals surface area contributed by atoms with Crippen molar-refractivity contribution in [2.24, 2.45) is 0 Å². The quantitative estimate of drug-likeness (QED) is 0.326. The summed E-state index contributed by atoms with van der Waals surface area (Å²) >= 11 is 19.6. The molecular weight excluding hydrogens is 411 g/mol. The third kappa shape index (κ3) is 3.56. The molecule has 0 fully saturated rings. The fourth-order valence-electron chi connectivity index (χ4n) is 3.24. The van der Waals surface area contributed by atoms with Gasteiger partial charge in [-0.05, 0) is 44.2 Å². The van der Waals surface area contributed by atoms with E-state index in [0.717, 1.165) is 27.9 Å². The van der Waals surface area contributed by atoms with Gasteiger partial charge in [0.25, 0.3) is 0 Å². The Hall–Kier alpha value is -2.26. The van der Waals surface area contributed by atoms with Crippen LogP contribution in [0, 0.1) is 13.8 Å². The van der Waals surface area contributed by atoms with Gasteiger partial charge < -0.3 is 0 Å². The number of nitrogens with zero attached hydrogens (tertiary/aromatic N) is 2. The maximum absolute atomic E-state index is 6.89. The van der Waals surface area contributed by atoms with E-state index >= 15 is 0 Å². The van der Waals surface area contributed by atoms with Crippen LogP contribution in [0.15, 0.2) is 66.7 Å². The largest absolute Gasteiger partial charge is 0.229 e. The molecule has 4 aromatic rings. The SMILES string of the molecule is Cc1cccc(-c2nn(-c3cc(Cl)ccc3Cl)c(-c3cccc(C)c3)c2Cl)c1. The van der Waals surface area contributed by atoms with E-state index in [0.29, 0.717) is 26.4 Å². The number of halogens is 3. The Bertz CT molecular complexity index is 1180. The van der Waals surface area contributed by atoms with E-state index in [1.54, 1.807) is 22.9 Å². The van der Waals surface area contributed by atoms with Gasteiger partial charge >= 0.3 is 0 Å². The highest BCUT2D eigenvalue weighted by molar-refractivity contribution is 6.36. The first-order chi connectivity index (χ1) is 13.4. The topological polar surface area (TPSA) is 17.8 Å². The Morgan fingerprint density at radius 1 is 0.750 bits per heavy atom. The average Bonchev–Trinajstić information content (AvgIpc) is 3.01. The maximum atomic E-state index is 6.89. The molecule has 140 valence electrons. The van der Waals surface area contributed by atoms with Gasteiger partial charge in [-0.1, -0.05) is 82.3 Å². The van der Waals surface area contributed by atoms with E-state index in [1.807, 2.05) is 50.2 Å². The number of hydrogen-bond donors (Lipinski definition) is 0. The summed E-state index contributed by atoms with van der Waals surface area (Å²) in [4.78, 5) is 0. The summed E-state index contributed by atoms with van der Waals surface area (Å²) in [6.45, 7) is 4.09. The van der Waals surface area contributed by atoms with E-state index in [4.69, 9.17) is 39.9 Å². The first-order valence-electron chi connectivity index (χ1n) is 8.82.